The Labute approximate surface area is 124 Å². The van der Waals surface area contributed by atoms with Gasteiger partial charge < -0.3 is 20.9 Å². The third-order valence-corrected chi connectivity index (χ3v) is 1.88. The first-order chi connectivity index (χ1) is 8.11. The molecule has 1 aromatic rings. The molecule has 0 unspecified atom stereocenters. The number of nitrogens with one attached hydrogen (secondary N) is 1. The van der Waals surface area contributed by atoms with Gasteiger partial charge in [0.05, 0.1) is 19.3 Å². The minimum absolute atomic E-state index is 0. The van der Waals surface area contributed by atoms with Crippen LogP contribution in [0.2, 0.25) is 0 Å². The number of aliphatic hydroxyl groups excluding tert-OH is 1. The molecule has 0 saturated carbocycles. The van der Waals surface area contributed by atoms with E-state index in [1.165, 1.54) is 0 Å². The molecule has 18 heavy (non-hydrogen) atoms. The Bertz CT molecular complexity index is 366. The van der Waals surface area contributed by atoms with E-state index < -0.39 is 0 Å². The zero-order valence-electron chi connectivity index (χ0n) is 10.6. The van der Waals surface area contributed by atoms with E-state index in [1.54, 1.807) is 0 Å². The highest BCUT2D eigenvalue weighted by atomic mass is 127. The lowest BCUT2D eigenvalue weighted by Crippen LogP contribution is -2.23. The molecule has 0 spiro atoms. The lowest BCUT2D eigenvalue weighted by molar-refractivity contribution is 0.242. The number of rotatable bonds is 5. The van der Waals surface area contributed by atoms with Gasteiger partial charge in [-0.3, -0.25) is 4.99 Å². The Hall–Kier alpha value is -1.02. The highest BCUT2D eigenvalue weighted by molar-refractivity contribution is 14.0. The fourth-order valence-electron chi connectivity index (χ4n) is 1.25. The first-order valence-corrected chi connectivity index (χ1v) is 5.56. The second kappa shape index (κ2) is 8.98. The maximum Gasteiger partial charge on any atom is 0.193 e. The van der Waals surface area contributed by atoms with Gasteiger partial charge >= 0.3 is 0 Å². The molecular weight excluding hydrogens is 345 g/mol. The van der Waals surface area contributed by atoms with E-state index in [1.807, 2.05) is 38.1 Å². The summed E-state index contributed by atoms with van der Waals surface area (Å²) in [6.07, 6.45) is 0.157. The molecule has 0 bridgehead atoms. The molecule has 0 aliphatic rings. The number of hydrogen-bond acceptors (Lipinski definition) is 3. The normalized spacial score (nSPS) is 11.0. The van der Waals surface area contributed by atoms with Crippen molar-refractivity contribution in [3.05, 3.63) is 24.3 Å². The molecule has 1 aromatic carbocycles. The molecule has 6 heteroatoms. The Kier molecular flexibility index (Phi) is 8.47. The summed E-state index contributed by atoms with van der Waals surface area (Å²) in [6.45, 7) is 4.24. The van der Waals surface area contributed by atoms with E-state index in [9.17, 15) is 0 Å². The van der Waals surface area contributed by atoms with Crippen LogP contribution < -0.4 is 15.8 Å². The number of anilines is 1. The number of nitrogens with two attached hydrogens (primary N) is 1. The van der Waals surface area contributed by atoms with Crippen LogP contribution >= 0.6 is 24.0 Å². The SMILES string of the molecule is CC(C)Oc1ccc(NC(N)=NCCO)cc1.I. The highest BCUT2D eigenvalue weighted by Crippen LogP contribution is 2.16. The van der Waals surface area contributed by atoms with Crippen LogP contribution in [0, 0.1) is 0 Å². The fraction of sp³-hybridized carbons (Fsp3) is 0.417. The maximum absolute atomic E-state index is 8.59. The summed E-state index contributed by atoms with van der Waals surface area (Å²) in [7, 11) is 0. The molecule has 0 saturated heterocycles. The largest absolute Gasteiger partial charge is 0.491 e. The van der Waals surface area contributed by atoms with Gasteiger partial charge in [-0.05, 0) is 38.1 Å². The van der Waals surface area contributed by atoms with Gasteiger partial charge in [0, 0.05) is 5.69 Å². The minimum atomic E-state index is -0.0104. The van der Waals surface area contributed by atoms with E-state index in [0.717, 1.165) is 11.4 Å². The second-order valence-corrected chi connectivity index (χ2v) is 3.81. The van der Waals surface area contributed by atoms with Crippen molar-refractivity contribution in [2.45, 2.75) is 20.0 Å². The lowest BCUT2D eigenvalue weighted by Gasteiger charge is -2.10. The predicted octanol–water partition coefficient (Wildman–Crippen LogP) is 1.81. The highest BCUT2D eigenvalue weighted by Gasteiger charge is 1.98. The van der Waals surface area contributed by atoms with E-state index in [0.29, 0.717) is 6.54 Å². The van der Waals surface area contributed by atoms with E-state index >= 15 is 0 Å². The average Bonchev–Trinajstić information content (AvgIpc) is 2.28. The zero-order chi connectivity index (χ0) is 12.7. The van der Waals surface area contributed by atoms with Crippen molar-refractivity contribution in [2.24, 2.45) is 10.7 Å². The molecule has 102 valence electrons. The van der Waals surface area contributed by atoms with Crippen molar-refractivity contribution in [3.63, 3.8) is 0 Å². The number of nitrogens with zero attached hydrogens (tertiary/aromatic N) is 1. The summed E-state index contributed by atoms with van der Waals surface area (Å²) in [5, 5.41) is 11.5. The van der Waals surface area contributed by atoms with Gasteiger partial charge in [0.1, 0.15) is 5.75 Å². The number of ether oxygens (including phenoxy) is 1. The zero-order valence-corrected chi connectivity index (χ0v) is 12.9. The number of halogens is 1. The standard InChI is InChI=1S/C12H19N3O2.HI/c1-9(2)17-11-5-3-10(4-6-11)15-12(13)14-7-8-16;/h3-6,9,16H,7-8H2,1-2H3,(H3,13,14,15);1H. The van der Waals surface area contributed by atoms with Crippen molar-refractivity contribution in [3.8, 4) is 5.75 Å². The molecule has 0 aliphatic carbocycles. The van der Waals surface area contributed by atoms with Crippen LogP contribution in [0.15, 0.2) is 29.3 Å². The van der Waals surface area contributed by atoms with Crippen molar-refractivity contribution in [1.82, 2.24) is 0 Å². The van der Waals surface area contributed by atoms with E-state index in [4.69, 9.17) is 15.6 Å². The second-order valence-electron chi connectivity index (χ2n) is 3.81. The van der Waals surface area contributed by atoms with Crippen LogP contribution in [0.4, 0.5) is 5.69 Å². The summed E-state index contributed by atoms with van der Waals surface area (Å²) in [5.74, 6) is 1.10. The average molecular weight is 365 g/mol. The van der Waals surface area contributed by atoms with Crippen LogP contribution in [0.3, 0.4) is 0 Å². The quantitative estimate of drug-likeness (QED) is 0.423. The molecule has 0 amide bonds. The summed E-state index contributed by atoms with van der Waals surface area (Å²) in [4.78, 5) is 3.91. The Balaban J connectivity index is 0.00000289. The summed E-state index contributed by atoms with van der Waals surface area (Å²) < 4.78 is 5.52. The molecule has 4 N–H and O–H groups in total. The minimum Gasteiger partial charge on any atom is -0.491 e. The van der Waals surface area contributed by atoms with Gasteiger partial charge in [0.2, 0.25) is 0 Å². The summed E-state index contributed by atoms with van der Waals surface area (Å²) in [5.41, 5.74) is 6.44. The van der Waals surface area contributed by atoms with Gasteiger partial charge in [-0.2, -0.15) is 0 Å². The topological polar surface area (TPSA) is 79.9 Å². The maximum atomic E-state index is 8.59. The molecule has 0 radical (unpaired) electrons. The Morgan fingerprint density at radius 1 is 1.39 bits per heavy atom. The molecule has 0 aromatic heterocycles. The molecule has 5 nitrogen and oxygen atoms in total. The van der Waals surface area contributed by atoms with E-state index in [2.05, 4.69) is 10.3 Å². The van der Waals surface area contributed by atoms with Crippen LogP contribution in [0.5, 0.6) is 5.75 Å². The van der Waals surface area contributed by atoms with Gasteiger partial charge in [0.15, 0.2) is 5.96 Å². The number of guanidine groups is 1. The third kappa shape index (κ3) is 6.65. The van der Waals surface area contributed by atoms with Gasteiger partial charge in [-0.25, -0.2) is 0 Å². The third-order valence-electron chi connectivity index (χ3n) is 1.88. The van der Waals surface area contributed by atoms with Crippen LogP contribution in [-0.4, -0.2) is 30.3 Å². The smallest absolute Gasteiger partial charge is 0.193 e. The van der Waals surface area contributed by atoms with Crippen molar-refractivity contribution >= 4 is 35.6 Å². The van der Waals surface area contributed by atoms with Crippen LogP contribution in [0.1, 0.15) is 13.8 Å². The molecule has 0 fully saturated rings. The predicted molar refractivity (Wildman–Crippen MR) is 84.8 cm³/mol. The monoisotopic (exact) mass is 365 g/mol. The van der Waals surface area contributed by atoms with Gasteiger partial charge in [-0.1, -0.05) is 0 Å². The Morgan fingerprint density at radius 3 is 2.50 bits per heavy atom. The first-order valence-electron chi connectivity index (χ1n) is 5.56. The molecule has 1 rings (SSSR count). The van der Waals surface area contributed by atoms with Crippen molar-refractivity contribution in [2.75, 3.05) is 18.5 Å². The van der Waals surface area contributed by atoms with Gasteiger partial charge in [0.25, 0.3) is 0 Å². The lowest BCUT2D eigenvalue weighted by atomic mass is 10.3. The molecule has 0 heterocycles. The number of benzene rings is 1. The summed E-state index contributed by atoms with van der Waals surface area (Å²) >= 11 is 0. The van der Waals surface area contributed by atoms with Crippen LogP contribution in [0.25, 0.3) is 0 Å². The van der Waals surface area contributed by atoms with Crippen molar-refractivity contribution < 1.29 is 9.84 Å². The van der Waals surface area contributed by atoms with Crippen LogP contribution in [-0.2, 0) is 0 Å². The van der Waals surface area contributed by atoms with Crippen molar-refractivity contribution in [1.29, 1.82) is 0 Å². The van der Waals surface area contributed by atoms with E-state index in [-0.39, 0.29) is 42.6 Å². The van der Waals surface area contributed by atoms with Gasteiger partial charge in [-0.15, -0.1) is 24.0 Å². The fourth-order valence-corrected chi connectivity index (χ4v) is 1.25. The number of aliphatic hydroxyl groups is 1. The molecular formula is C12H20IN3O2. The number of hydrogen-bond donors (Lipinski definition) is 3. The first kappa shape index (κ1) is 17.0. The molecule has 0 atom stereocenters. The molecule has 0 aliphatic heterocycles. The summed E-state index contributed by atoms with van der Waals surface area (Å²) in [6, 6.07) is 7.45. The number of aliphatic imine (C=N–C) groups is 1. The Morgan fingerprint density at radius 2 is 2.00 bits per heavy atom.